The number of aromatic nitrogens is 1. The number of hydrogen-bond acceptors (Lipinski definition) is 5. The van der Waals surface area contributed by atoms with Gasteiger partial charge in [-0.2, -0.15) is 0 Å². The van der Waals surface area contributed by atoms with Gasteiger partial charge in [0.25, 0.3) is 0 Å². The van der Waals surface area contributed by atoms with Gasteiger partial charge in [-0.3, -0.25) is 4.79 Å². The van der Waals surface area contributed by atoms with Crippen LogP contribution in [0.25, 0.3) is 0 Å². The van der Waals surface area contributed by atoms with Gasteiger partial charge in [0.1, 0.15) is 10.6 Å². The average Bonchev–Trinajstić information content (AvgIpc) is 2.70. The molecule has 16 heavy (non-hydrogen) atoms. The molecule has 1 atom stereocenters. The Morgan fingerprint density at radius 1 is 1.56 bits per heavy atom. The maximum absolute atomic E-state index is 11.8. The van der Waals surface area contributed by atoms with Crippen molar-refractivity contribution in [3.8, 4) is 0 Å². The second-order valence-corrected chi connectivity index (χ2v) is 5.15. The highest BCUT2D eigenvalue weighted by molar-refractivity contribution is 7.09. The zero-order valence-electron chi connectivity index (χ0n) is 9.98. The third-order valence-corrected chi connectivity index (χ3v) is 3.84. The van der Waals surface area contributed by atoms with Gasteiger partial charge in [-0.25, -0.2) is 4.98 Å². The molecule has 1 rings (SSSR count). The summed E-state index contributed by atoms with van der Waals surface area (Å²) in [7, 11) is 0. The van der Waals surface area contributed by atoms with E-state index in [1.807, 2.05) is 0 Å². The van der Waals surface area contributed by atoms with E-state index in [0.29, 0.717) is 11.6 Å². The second kappa shape index (κ2) is 4.51. The van der Waals surface area contributed by atoms with E-state index >= 15 is 0 Å². The molecule has 1 aromatic rings. The number of nitrogens with zero attached hydrogens (tertiary/aromatic N) is 1. The van der Waals surface area contributed by atoms with Crippen LogP contribution in [0, 0.1) is 5.41 Å². The zero-order chi connectivity index (χ0) is 12.4. The lowest BCUT2D eigenvalue weighted by Crippen LogP contribution is -2.45. The summed E-state index contributed by atoms with van der Waals surface area (Å²) in [5.74, 6) is -0.421. The number of carbonyl (C=O) groups excluding carboxylic acids is 1. The Bertz CT molecular complexity index is 357. The van der Waals surface area contributed by atoms with E-state index < -0.39 is 17.0 Å². The van der Waals surface area contributed by atoms with Crippen molar-refractivity contribution < 1.29 is 14.6 Å². The molecule has 0 amide bonds. The molecule has 90 valence electrons. The molecule has 1 N–H and O–H groups in total. The van der Waals surface area contributed by atoms with Crippen LogP contribution < -0.4 is 0 Å². The second-order valence-electron chi connectivity index (χ2n) is 4.25. The van der Waals surface area contributed by atoms with Crippen LogP contribution in [0.4, 0.5) is 0 Å². The van der Waals surface area contributed by atoms with Crippen molar-refractivity contribution in [2.45, 2.75) is 33.3 Å². The van der Waals surface area contributed by atoms with Gasteiger partial charge in [-0.05, 0) is 27.7 Å². The number of aliphatic hydroxyl groups is 1. The topological polar surface area (TPSA) is 59.4 Å². The van der Waals surface area contributed by atoms with Crippen molar-refractivity contribution in [1.82, 2.24) is 4.98 Å². The monoisotopic (exact) mass is 243 g/mol. The summed E-state index contributed by atoms with van der Waals surface area (Å²) in [5.41, 5.74) is -2.35. The highest BCUT2D eigenvalue weighted by atomic mass is 32.1. The summed E-state index contributed by atoms with van der Waals surface area (Å²) in [4.78, 5) is 15.9. The van der Waals surface area contributed by atoms with Gasteiger partial charge in [0.05, 0.1) is 12.0 Å². The number of esters is 1. The Kier molecular flexibility index (Phi) is 3.70. The Morgan fingerprint density at radius 3 is 2.62 bits per heavy atom. The van der Waals surface area contributed by atoms with Gasteiger partial charge in [0.15, 0.2) is 0 Å². The van der Waals surface area contributed by atoms with E-state index in [1.165, 1.54) is 11.3 Å². The van der Waals surface area contributed by atoms with Gasteiger partial charge in [-0.1, -0.05) is 0 Å². The third kappa shape index (κ3) is 2.10. The van der Waals surface area contributed by atoms with Crippen molar-refractivity contribution in [3.63, 3.8) is 0 Å². The molecule has 0 aromatic carbocycles. The highest BCUT2D eigenvalue weighted by Gasteiger charge is 2.49. The van der Waals surface area contributed by atoms with Gasteiger partial charge in [-0.15, -0.1) is 11.3 Å². The lowest BCUT2D eigenvalue weighted by atomic mass is 9.76. The molecule has 0 aliphatic rings. The first-order chi connectivity index (χ1) is 7.34. The summed E-state index contributed by atoms with van der Waals surface area (Å²) in [5, 5.41) is 12.7. The van der Waals surface area contributed by atoms with Crippen LogP contribution in [-0.4, -0.2) is 22.7 Å². The molecule has 0 fully saturated rings. The first kappa shape index (κ1) is 13.1. The molecule has 5 heteroatoms. The van der Waals surface area contributed by atoms with Gasteiger partial charge in [0, 0.05) is 11.6 Å². The van der Waals surface area contributed by atoms with E-state index in [1.54, 1.807) is 39.3 Å². The standard InChI is InChI=1S/C11H17NO3S/c1-5-15-9(13)10(2,3)11(4,14)8-12-6-7-16-8/h6-7,14H,5H2,1-4H3. The van der Waals surface area contributed by atoms with E-state index in [2.05, 4.69) is 4.98 Å². The van der Waals surface area contributed by atoms with Crippen LogP contribution in [0.15, 0.2) is 11.6 Å². The highest BCUT2D eigenvalue weighted by Crippen LogP contribution is 2.41. The van der Waals surface area contributed by atoms with Crippen LogP contribution in [-0.2, 0) is 15.1 Å². The van der Waals surface area contributed by atoms with E-state index in [0.717, 1.165) is 0 Å². The van der Waals surface area contributed by atoms with Crippen molar-refractivity contribution in [2.24, 2.45) is 5.41 Å². The summed E-state index contributed by atoms with van der Waals surface area (Å²) in [6.07, 6.45) is 1.61. The molecule has 0 aliphatic heterocycles. The van der Waals surface area contributed by atoms with Gasteiger partial charge >= 0.3 is 5.97 Å². The van der Waals surface area contributed by atoms with Crippen molar-refractivity contribution in [2.75, 3.05) is 6.61 Å². The first-order valence-corrected chi connectivity index (χ1v) is 6.01. The lowest BCUT2D eigenvalue weighted by molar-refractivity contribution is -0.170. The van der Waals surface area contributed by atoms with Crippen molar-refractivity contribution >= 4 is 17.3 Å². The minimum absolute atomic E-state index is 0.302. The number of ether oxygens (including phenoxy) is 1. The van der Waals surface area contributed by atoms with Gasteiger partial charge in [0.2, 0.25) is 0 Å². The Balaban J connectivity index is 3.02. The van der Waals surface area contributed by atoms with Crippen molar-refractivity contribution in [3.05, 3.63) is 16.6 Å². The molecule has 4 nitrogen and oxygen atoms in total. The Morgan fingerprint density at radius 2 is 2.19 bits per heavy atom. The number of thiazole rings is 1. The smallest absolute Gasteiger partial charge is 0.314 e. The fourth-order valence-electron chi connectivity index (χ4n) is 1.24. The molecule has 0 spiro atoms. The Labute approximate surface area is 99.3 Å². The summed E-state index contributed by atoms with van der Waals surface area (Å²) in [6.45, 7) is 6.95. The van der Waals surface area contributed by atoms with E-state index in [4.69, 9.17) is 4.74 Å². The first-order valence-electron chi connectivity index (χ1n) is 5.13. The molecule has 0 bridgehead atoms. The third-order valence-electron chi connectivity index (χ3n) is 2.85. The van der Waals surface area contributed by atoms with Crippen LogP contribution in [0.2, 0.25) is 0 Å². The SMILES string of the molecule is CCOC(=O)C(C)(C)C(C)(O)c1nccs1. The normalized spacial score (nSPS) is 15.6. The minimum atomic E-state index is -1.33. The molecule has 0 aliphatic carbocycles. The van der Waals surface area contributed by atoms with E-state index in [9.17, 15) is 9.90 Å². The molecular weight excluding hydrogens is 226 g/mol. The van der Waals surface area contributed by atoms with Crippen LogP contribution >= 0.6 is 11.3 Å². The fraction of sp³-hybridized carbons (Fsp3) is 0.636. The van der Waals surface area contributed by atoms with Gasteiger partial charge < -0.3 is 9.84 Å². The molecule has 1 aromatic heterocycles. The maximum Gasteiger partial charge on any atom is 0.314 e. The van der Waals surface area contributed by atoms with Crippen molar-refractivity contribution in [1.29, 1.82) is 0 Å². The Hall–Kier alpha value is -0.940. The predicted molar refractivity (Wildman–Crippen MR) is 62.1 cm³/mol. The lowest BCUT2D eigenvalue weighted by Gasteiger charge is -2.36. The maximum atomic E-state index is 11.8. The fourth-order valence-corrected chi connectivity index (χ4v) is 2.10. The van der Waals surface area contributed by atoms with Crippen LogP contribution in [0.5, 0.6) is 0 Å². The molecular formula is C11H17NO3S. The average molecular weight is 243 g/mol. The number of hydrogen-bond donors (Lipinski definition) is 1. The molecule has 1 heterocycles. The zero-order valence-corrected chi connectivity index (χ0v) is 10.8. The molecule has 0 radical (unpaired) electrons. The summed E-state index contributed by atoms with van der Waals surface area (Å²) >= 11 is 1.32. The summed E-state index contributed by atoms with van der Waals surface area (Å²) < 4.78 is 4.97. The minimum Gasteiger partial charge on any atom is -0.465 e. The molecule has 0 saturated carbocycles. The largest absolute Gasteiger partial charge is 0.465 e. The van der Waals surface area contributed by atoms with E-state index in [-0.39, 0.29) is 0 Å². The predicted octanol–water partition coefficient (Wildman–Crippen LogP) is 1.94. The van der Waals surface area contributed by atoms with Crippen LogP contribution in [0.3, 0.4) is 0 Å². The molecule has 1 unspecified atom stereocenters. The number of rotatable bonds is 4. The van der Waals surface area contributed by atoms with Crippen LogP contribution in [0.1, 0.15) is 32.7 Å². The summed E-state index contributed by atoms with van der Waals surface area (Å²) in [6, 6.07) is 0. The quantitative estimate of drug-likeness (QED) is 0.821. The molecule has 0 saturated heterocycles. The number of carbonyl (C=O) groups is 1.